The molecule has 1 atom stereocenters. The number of halogens is 1. The van der Waals surface area contributed by atoms with Crippen LogP contribution in [-0.2, 0) is 15.6 Å². The molecule has 3 rings (SSSR count). The standard InChI is InChI=1S/C16H17FN6O4S/c1-16(8-28(26,27)23(2)15(18)22-16)10-5-9(3-4-11(10)17)21-14(25)12-6-20-13(24)7-19-12/h3-7H,8H2,1-2H3,(H2,18,22)(H,20,24)(H,21,25)/t16-/m0/s1. The lowest BCUT2D eigenvalue weighted by atomic mass is 9.93. The SMILES string of the molecule is CN1C(N)=N[C@](C)(c2cc(NC(=O)c3c[nH]c(=O)cn3)ccc2F)CS1(=O)=O. The third-order valence-corrected chi connectivity index (χ3v) is 6.22. The molecule has 0 aliphatic carbocycles. The Morgan fingerprint density at radius 3 is 2.75 bits per heavy atom. The van der Waals surface area contributed by atoms with E-state index in [1.165, 1.54) is 26.1 Å². The number of hydrogen-bond donors (Lipinski definition) is 3. The molecule has 28 heavy (non-hydrogen) atoms. The Balaban J connectivity index is 1.97. The van der Waals surface area contributed by atoms with Crippen LogP contribution in [-0.4, -0.2) is 47.4 Å². The largest absolute Gasteiger partial charge is 0.369 e. The number of aromatic amines is 1. The normalized spacial score (nSPS) is 21.1. The molecule has 0 unspecified atom stereocenters. The third-order valence-electron chi connectivity index (χ3n) is 4.27. The van der Waals surface area contributed by atoms with E-state index in [-0.39, 0.29) is 22.9 Å². The first-order valence-electron chi connectivity index (χ1n) is 8.00. The number of aliphatic imine (C=N–C) groups is 1. The molecule has 1 aromatic carbocycles. The van der Waals surface area contributed by atoms with E-state index in [0.29, 0.717) is 0 Å². The van der Waals surface area contributed by atoms with Crippen LogP contribution in [0.4, 0.5) is 10.1 Å². The van der Waals surface area contributed by atoms with Gasteiger partial charge in [-0.15, -0.1) is 0 Å². The van der Waals surface area contributed by atoms with E-state index in [0.717, 1.165) is 22.8 Å². The second-order valence-electron chi connectivity index (χ2n) is 6.41. The minimum atomic E-state index is -3.79. The summed E-state index contributed by atoms with van der Waals surface area (Å²) in [5.41, 5.74) is 3.85. The Labute approximate surface area is 159 Å². The summed E-state index contributed by atoms with van der Waals surface area (Å²) in [5, 5.41) is 2.51. The molecule has 0 bridgehead atoms. The molecule has 0 spiro atoms. The molecular formula is C16H17FN6O4S. The highest BCUT2D eigenvalue weighted by Crippen LogP contribution is 2.34. The fraction of sp³-hybridized carbons (Fsp3) is 0.250. The average Bonchev–Trinajstić information content (AvgIpc) is 2.61. The third kappa shape index (κ3) is 3.58. The number of aromatic nitrogens is 2. The summed E-state index contributed by atoms with van der Waals surface area (Å²) in [7, 11) is -2.52. The van der Waals surface area contributed by atoms with Gasteiger partial charge in [-0.2, -0.15) is 0 Å². The summed E-state index contributed by atoms with van der Waals surface area (Å²) in [5.74, 6) is -2.09. The lowest BCUT2D eigenvalue weighted by Gasteiger charge is -2.34. The molecule has 10 nitrogen and oxygen atoms in total. The predicted octanol–water partition coefficient (Wildman–Crippen LogP) is -0.0336. The Bertz CT molecular complexity index is 1130. The second kappa shape index (κ2) is 6.71. The zero-order valence-electron chi connectivity index (χ0n) is 14.9. The molecule has 1 aromatic heterocycles. The number of sulfonamides is 1. The van der Waals surface area contributed by atoms with Crippen molar-refractivity contribution in [2.45, 2.75) is 12.5 Å². The number of H-pyrrole nitrogens is 1. The van der Waals surface area contributed by atoms with Gasteiger partial charge in [-0.25, -0.2) is 27.1 Å². The summed E-state index contributed by atoms with van der Waals surface area (Å²) in [6, 6.07) is 3.69. The minimum absolute atomic E-state index is 0.0423. The number of carbonyl (C=O) groups excluding carboxylic acids is 1. The molecule has 0 saturated carbocycles. The van der Waals surface area contributed by atoms with Crippen molar-refractivity contribution in [3.05, 3.63) is 58.0 Å². The van der Waals surface area contributed by atoms with E-state index in [2.05, 4.69) is 20.3 Å². The van der Waals surface area contributed by atoms with Gasteiger partial charge in [0.15, 0.2) is 0 Å². The van der Waals surface area contributed by atoms with Crippen molar-refractivity contribution in [2.75, 3.05) is 18.1 Å². The lowest BCUT2D eigenvalue weighted by molar-refractivity contribution is 0.102. The van der Waals surface area contributed by atoms with Crippen LogP contribution in [0.1, 0.15) is 23.0 Å². The number of carbonyl (C=O) groups is 1. The van der Waals surface area contributed by atoms with Gasteiger partial charge in [0, 0.05) is 24.5 Å². The van der Waals surface area contributed by atoms with Gasteiger partial charge >= 0.3 is 0 Å². The number of hydrogen-bond acceptors (Lipinski definition) is 7. The number of anilines is 1. The summed E-state index contributed by atoms with van der Waals surface area (Å²) in [6.07, 6.45) is 2.09. The zero-order valence-corrected chi connectivity index (χ0v) is 15.7. The van der Waals surface area contributed by atoms with Crippen molar-refractivity contribution < 1.29 is 17.6 Å². The Morgan fingerprint density at radius 2 is 2.14 bits per heavy atom. The molecule has 1 aliphatic heterocycles. The fourth-order valence-electron chi connectivity index (χ4n) is 2.77. The summed E-state index contributed by atoms with van der Waals surface area (Å²) in [6.45, 7) is 1.44. The van der Waals surface area contributed by atoms with E-state index < -0.39 is 38.6 Å². The number of rotatable bonds is 3. The second-order valence-corrected chi connectivity index (χ2v) is 8.41. The van der Waals surface area contributed by atoms with Crippen molar-refractivity contribution >= 4 is 27.6 Å². The van der Waals surface area contributed by atoms with Gasteiger partial charge in [-0.05, 0) is 25.1 Å². The fourth-order valence-corrected chi connectivity index (χ4v) is 4.22. The maximum absolute atomic E-state index is 14.5. The van der Waals surface area contributed by atoms with Crippen LogP contribution >= 0.6 is 0 Å². The first-order chi connectivity index (χ1) is 13.0. The van der Waals surface area contributed by atoms with Crippen molar-refractivity contribution in [1.82, 2.24) is 14.3 Å². The molecule has 1 amide bonds. The Kier molecular flexibility index (Phi) is 4.67. The van der Waals surface area contributed by atoms with Gasteiger partial charge in [0.1, 0.15) is 17.1 Å². The number of nitrogens with two attached hydrogens (primary N) is 1. The van der Waals surface area contributed by atoms with E-state index >= 15 is 0 Å². The average molecular weight is 408 g/mol. The molecule has 2 aromatic rings. The maximum Gasteiger partial charge on any atom is 0.275 e. The minimum Gasteiger partial charge on any atom is -0.369 e. The highest BCUT2D eigenvalue weighted by molar-refractivity contribution is 7.89. The van der Waals surface area contributed by atoms with E-state index in [1.807, 2.05) is 0 Å². The van der Waals surface area contributed by atoms with Gasteiger partial charge in [-0.1, -0.05) is 0 Å². The van der Waals surface area contributed by atoms with E-state index in [9.17, 15) is 22.4 Å². The maximum atomic E-state index is 14.5. The van der Waals surface area contributed by atoms with Crippen molar-refractivity contribution in [3.63, 3.8) is 0 Å². The molecule has 0 fully saturated rings. The molecule has 148 valence electrons. The van der Waals surface area contributed by atoms with Crippen molar-refractivity contribution in [2.24, 2.45) is 10.7 Å². The van der Waals surface area contributed by atoms with E-state index in [1.54, 1.807) is 0 Å². The monoisotopic (exact) mass is 408 g/mol. The van der Waals surface area contributed by atoms with Gasteiger partial charge in [0.2, 0.25) is 16.0 Å². The molecule has 2 heterocycles. The first-order valence-corrected chi connectivity index (χ1v) is 9.61. The summed E-state index contributed by atoms with van der Waals surface area (Å²) >= 11 is 0. The summed E-state index contributed by atoms with van der Waals surface area (Å²) < 4.78 is 39.9. The van der Waals surface area contributed by atoms with Crippen LogP contribution in [0, 0.1) is 5.82 Å². The molecule has 1 aliphatic rings. The number of benzene rings is 1. The van der Waals surface area contributed by atoms with Gasteiger partial charge < -0.3 is 16.0 Å². The predicted molar refractivity (Wildman–Crippen MR) is 99.7 cm³/mol. The topological polar surface area (TPSA) is 151 Å². The van der Waals surface area contributed by atoms with Gasteiger partial charge in [-0.3, -0.25) is 9.59 Å². The van der Waals surface area contributed by atoms with Crippen molar-refractivity contribution in [1.29, 1.82) is 0 Å². The summed E-state index contributed by atoms with van der Waals surface area (Å²) in [4.78, 5) is 33.4. The Morgan fingerprint density at radius 1 is 1.43 bits per heavy atom. The Hall–Kier alpha value is -3.28. The highest BCUT2D eigenvalue weighted by Gasteiger charge is 2.41. The number of amides is 1. The molecular weight excluding hydrogens is 391 g/mol. The molecule has 0 saturated heterocycles. The quantitative estimate of drug-likeness (QED) is 0.649. The number of nitrogens with zero attached hydrogens (tertiary/aromatic N) is 3. The molecule has 12 heteroatoms. The molecule has 0 radical (unpaired) electrons. The van der Waals surface area contributed by atoms with Gasteiger partial charge in [0.05, 0.1) is 11.9 Å². The van der Waals surface area contributed by atoms with Crippen LogP contribution in [0.15, 0.2) is 40.4 Å². The van der Waals surface area contributed by atoms with Gasteiger partial charge in [0.25, 0.3) is 11.5 Å². The van der Waals surface area contributed by atoms with Crippen LogP contribution in [0.5, 0.6) is 0 Å². The number of nitrogens with one attached hydrogen (secondary N) is 2. The van der Waals surface area contributed by atoms with Crippen molar-refractivity contribution in [3.8, 4) is 0 Å². The van der Waals surface area contributed by atoms with Crippen LogP contribution in [0.2, 0.25) is 0 Å². The smallest absolute Gasteiger partial charge is 0.275 e. The molecule has 4 N–H and O–H groups in total. The van der Waals surface area contributed by atoms with Crippen LogP contribution in [0.3, 0.4) is 0 Å². The lowest BCUT2D eigenvalue weighted by Crippen LogP contribution is -2.50. The number of guanidine groups is 1. The van der Waals surface area contributed by atoms with Crippen LogP contribution < -0.4 is 16.6 Å². The van der Waals surface area contributed by atoms with Crippen LogP contribution in [0.25, 0.3) is 0 Å². The highest BCUT2D eigenvalue weighted by atomic mass is 32.2. The first kappa shape index (κ1) is 19.5. The van der Waals surface area contributed by atoms with E-state index in [4.69, 9.17) is 5.73 Å². The zero-order chi connectivity index (χ0) is 20.7.